The largest absolute Gasteiger partial charge is 0.508 e. The maximum atomic E-state index is 9.55. The van der Waals surface area contributed by atoms with E-state index in [-0.39, 0.29) is 11.5 Å². The van der Waals surface area contributed by atoms with Crippen LogP contribution in [-0.4, -0.2) is 11.1 Å². The van der Waals surface area contributed by atoms with E-state index in [4.69, 9.17) is 5.73 Å². The normalized spacial score (nSPS) is 33.3. The highest BCUT2D eigenvalue weighted by Gasteiger charge is 2.49. The van der Waals surface area contributed by atoms with Gasteiger partial charge in [0, 0.05) is 17.0 Å². The molecule has 0 heterocycles. The molecule has 12 heavy (non-hydrogen) atoms. The second-order valence-corrected chi connectivity index (χ2v) is 3.75. The Labute approximate surface area is 72.0 Å². The summed E-state index contributed by atoms with van der Waals surface area (Å²) in [5.41, 5.74) is 6.79. The lowest BCUT2D eigenvalue weighted by atomic mass is 9.96. The van der Waals surface area contributed by atoms with E-state index < -0.39 is 0 Å². The van der Waals surface area contributed by atoms with Crippen LogP contribution in [0.25, 0.3) is 0 Å². The van der Waals surface area contributed by atoms with E-state index in [1.165, 1.54) is 0 Å². The van der Waals surface area contributed by atoms with Gasteiger partial charge in [0.25, 0.3) is 0 Å². The Kier molecular flexibility index (Phi) is 1.42. The molecule has 1 fully saturated rings. The van der Waals surface area contributed by atoms with E-state index in [1.54, 1.807) is 6.07 Å². The van der Waals surface area contributed by atoms with Crippen LogP contribution in [0, 0.1) is 0 Å². The summed E-state index contributed by atoms with van der Waals surface area (Å²) >= 11 is 0. The molecular weight excluding hydrogens is 150 g/mol. The van der Waals surface area contributed by atoms with E-state index in [0.29, 0.717) is 5.75 Å². The number of nitrogens with two attached hydrogens (primary N) is 1. The Morgan fingerprint density at radius 2 is 2.08 bits per heavy atom. The summed E-state index contributed by atoms with van der Waals surface area (Å²) in [5.74, 6) is 0.368. The Hall–Kier alpha value is -1.02. The molecule has 1 aromatic rings. The molecule has 64 valence electrons. The SMILES string of the molecule is C[C@]1(c2ccccc2O)C[C@@H]1N. The lowest BCUT2D eigenvalue weighted by Gasteiger charge is -2.11. The first-order valence-electron chi connectivity index (χ1n) is 4.18. The zero-order valence-electron chi connectivity index (χ0n) is 7.12. The van der Waals surface area contributed by atoms with Crippen molar-refractivity contribution in [2.45, 2.75) is 24.8 Å². The standard InChI is InChI=1S/C10H13NO/c1-10(6-9(10)11)7-4-2-3-5-8(7)12/h2-5,9,12H,6,11H2,1H3/t9-,10+/m0/s1. The van der Waals surface area contributed by atoms with Crippen LogP contribution in [0.2, 0.25) is 0 Å². The summed E-state index contributed by atoms with van der Waals surface area (Å²) in [6.07, 6.45) is 0.977. The average molecular weight is 163 g/mol. The van der Waals surface area contributed by atoms with Gasteiger partial charge in [-0.05, 0) is 12.5 Å². The summed E-state index contributed by atoms with van der Waals surface area (Å²) in [7, 11) is 0. The van der Waals surface area contributed by atoms with E-state index >= 15 is 0 Å². The zero-order valence-corrected chi connectivity index (χ0v) is 7.12. The monoisotopic (exact) mass is 163 g/mol. The second-order valence-electron chi connectivity index (χ2n) is 3.75. The van der Waals surface area contributed by atoms with Gasteiger partial charge in [0.05, 0.1) is 0 Å². The van der Waals surface area contributed by atoms with Crippen LogP contribution in [-0.2, 0) is 5.41 Å². The minimum atomic E-state index is 0.0192. The van der Waals surface area contributed by atoms with Gasteiger partial charge in [0.15, 0.2) is 0 Å². The van der Waals surface area contributed by atoms with Gasteiger partial charge < -0.3 is 10.8 Å². The number of aromatic hydroxyl groups is 1. The van der Waals surface area contributed by atoms with E-state index in [0.717, 1.165) is 12.0 Å². The van der Waals surface area contributed by atoms with Crippen LogP contribution in [0.1, 0.15) is 18.9 Å². The van der Waals surface area contributed by atoms with Gasteiger partial charge in [0.2, 0.25) is 0 Å². The van der Waals surface area contributed by atoms with Crippen LogP contribution in [0.5, 0.6) is 5.75 Å². The minimum Gasteiger partial charge on any atom is -0.508 e. The van der Waals surface area contributed by atoms with Gasteiger partial charge in [-0.3, -0.25) is 0 Å². The maximum absolute atomic E-state index is 9.55. The van der Waals surface area contributed by atoms with Crippen LogP contribution < -0.4 is 5.73 Å². The summed E-state index contributed by atoms with van der Waals surface area (Å²) < 4.78 is 0. The molecule has 0 saturated heterocycles. The van der Waals surface area contributed by atoms with Crippen LogP contribution >= 0.6 is 0 Å². The Bertz CT molecular complexity index is 310. The average Bonchev–Trinajstić information content (AvgIpc) is 2.61. The predicted molar refractivity (Wildman–Crippen MR) is 48.1 cm³/mol. The molecule has 0 aliphatic heterocycles. The fourth-order valence-corrected chi connectivity index (χ4v) is 1.66. The van der Waals surface area contributed by atoms with Crippen molar-refractivity contribution in [3.63, 3.8) is 0 Å². The molecule has 3 N–H and O–H groups in total. The first-order valence-corrected chi connectivity index (χ1v) is 4.18. The molecule has 0 aromatic heterocycles. The van der Waals surface area contributed by atoms with Gasteiger partial charge in [-0.25, -0.2) is 0 Å². The number of hydrogen-bond acceptors (Lipinski definition) is 2. The molecule has 1 aliphatic rings. The molecule has 2 nitrogen and oxygen atoms in total. The summed E-state index contributed by atoms with van der Waals surface area (Å²) in [6.45, 7) is 2.09. The van der Waals surface area contributed by atoms with Crippen molar-refractivity contribution in [1.82, 2.24) is 0 Å². The fourth-order valence-electron chi connectivity index (χ4n) is 1.66. The molecule has 0 radical (unpaired) electrons. The number of para-hydroxylation sites is 1. The number of benzene rings is 1. The maximum Gasteiger partial charge on any atom is 0.119 e. The van der Waals surface area contributed by atoms with E-state index in [2.05, 4.69) is 6.92 Å². The molecule has 1 saturated carbocycles. The Morgan fingerprint density at radius 1 is 1.50 bits per heavy atom. The third-order valence-electron chi connectivity index (χ3n) is 2.82. The lowest BCUT2D eigenvalue weighted by Crippen LogP contribution is -2.14. The fraction of sp³-hybridized carbons (Fsp3) is 0.400. The lowest BCUT2D eigenvalue weighted by molar-refractivity contribution is 0.460. The van der Waals surface area contributed by atoms with Crippen molar-refractivity contribution in [2.75, 3.05) is 0 Å². The Balaban J connectivity index is 2.41. The third-order valence-corrected chi connectivity index (χ3v) is 2.82. The van der Waals surface area contributed by atoms with Gasteiger partial charge in [-0.15, -0.1) is 0 Å². The topological polar surface area (TPSA) is 46.2 Å². The van der Waals surface area contributed by atoms with Crippen LogP contribution in [0.4, 0.5) is 0 Å². The number of hydrogen-bond donors (Lipinski definition) is 2. The molecule has 0 spiro atoms. The smallest absolute Gasteiger partial charge is 0.119 e. The van der Waals surface area contributed by atoms with Crippen molar-refractivity contribution < 1.29 is 5.11 Å². The van der Waals surface area contributed by atoms with Crippen LogP contribution in [0.15, 0.2) is 24.3 Å². The zero-order chi connectivity index (χ0) is 8.77. The first kappa shape index (κ1) is 7.62. The van der Waals surface area contributed by atoms with Gasteiger partial charge >= 0.3 is 0 Å². The molecule has 1 aliphatic carbocycles. The molecule has 1 aromatic carbocycles. The minimum absolute atomic E-state index is 0.0192. The highest BCUT2D eigenvalue weighted by molar-refractivity contribution is 5.44. The first-order chi connectivity index (χ1) is 5.64. The quantitative estimate of drug-likeness (QED) is 0.657. The molecule has 0 bridgehead atoms. The van der Waals surface area contributed by atoms with Gasteiger partial charge in [0.1, 0.15) is 5.75 Å². The number of rotatable bonds is 1. The van der Waals surface area contributed by atoms with Crippen molar-refractivity contribution in [2.24, 2.45) is 5.73 Å². The molecule has 2 heteroatoms. The van der Waals surface area contributed by atoms with Crippen molar-refractivity contribution in [3.8, 4) is 5.75 Å². The molecule has 0 amide bonds. The predicted octanol–water partition coefficient (Wildman–Crippen LogP) is 1.38. The second kappa shape index (κ2) is 2.23. The van der Waals surface area contributed by atoms with Crippen molar-refractivity contribution >= 4 is 0 Å². The highest BCUT2D eigenvalue weighted by Crippen LogP contribution is 2.49. The Morgan fingerprint density at radius 3 is 2.58 bits per heavy atom. The number of phenols is 1. The summed E-state index contributed by atoms with van der Waals surface area (Å²) in [4.78, 5) is 0. The van der Waals surface area contributed by atoms with Crippen molar-refractivity contribution in [3.05, 3.63) is 29.8 Å². The summed E-state index contributed by atoms with van der Waals surface area (Å²) in [6, 6.07) is 7.64. The van der Waals surface area contributed by atoms with Gasteiger partial charge in [-0.2, -0.15) is 0 Å². The van der Waals surface area contributed by atoms with Crippen LogP contribution in [0.3, 0.4) is 0 Å². The highest BCUT2D eigenvalue weighted by atomic mass is 16.3. The van der Waals surface area contributed by atoms with E-state index in [1.807, 2.05) is 18.2 Å². The number of phenolic OH excluding ortho intramolecular Hbond substituents is 1. The molecule has 0 unspecified atom stereocenters. The molecule has 2 rings (SSSR count). The summed E-state index contributed by atoms with van der Waals surface area (Å²) in [5, 5.41) is 9.55. The van der Waals surface area contributed by atoms with E-state index in [9.17, 15) is 5.11 Å². The van der Waals surface area contributed by atoms with Gasteiger partial charge in [-0.1, -0.05) is 25.1 Å². The van der Waals surface area contributed by atoms with Crippen molar-refractivity contribution in [1.29, 1.82) is 0 Å². The molecular formula is C10H13NO. The third kappa shape index (κ3) is 0.916. The molecule has 2 atom stereocenters.